The van der Waals surface area contributed by atoms with Crippen LogP contribution in [-0.2, 0) is 9.47 Å². The summed E-state index contributed by atoms with van der Waals surface area (Å²) in [6, 6.07) is 3.44. The summed E-state index contributed by atoms with van der Waals surface area (Å²) in [5.41, 5.74) is -1.54. The molecule has 56 heavy (non-hydrogen) atoms. The summed E-state index contributed by atoms with van der Waals surface area (Å²) >= 11 is 7.76. The van der Waals surface area contributed by atoms with Crippen LogP contribution in [0.4, 0.5) is 38.1 Å². The van der Waals surface area contributed by atoms with Gasteiger partial charge in [0.15, 0.2) is 10.9 Å². The quantitative estimate of drug-likeness (QED) is 0.181. The Balaban J connectivity index is 1.29. The molecule has 3 aliphatic heterocycles. The summed E-state index contributed by atoms with van der Waals surface area (Å²) < 4.78 is 77.5. The van der Waals surface area contributed by atoms with Crippen LogP contribution in [0.15, 0.2) is 18.2 Å². The number of carbonyl (C=O) groups excluding carboxylic acids is 2. The minimum atomic E-state index is -2.79. The molecule has 4 aromatic rings. The highest BCUT2D eigenvalue weighted by molar-refractivity contribution is 7.22. The summed E-state index contributed by atoms with van der Waals surface area (Å²) in [6.07, 6.45) is -0.648. The van der Waals surface area contributed by atoms with Crippen LogP contribution < -0.4 is 15.0 Å². The van der Waals surface area contributed by atoms with Gasteiger partial charge in [0.1, 0.15) is 34.5 Å². The second kappa shape index (κ2) is 14.6. The predicted octanol–water partition coefficient (Wildman–Crippen LogP) is 8.88. The van der Waals surface area contributed by atoms with Crippen LogP contribution in [0.2, 0.25) is 5.02 Å². The monoisotopic (exact) mass is 821 g/mol. The number of hydrogen-bond acceptors (Lipinski definition) is 11. The Hall–Kier alpha value is -4.22. The third-order valence-corrected chi connectivity index (χ3v) is 10.9. The Bertz CT molecular complexity index is 2180. The largest absolute Gasteiger partial charge is 0.459 e. The van der Waals surface area contributed by atoms with Gasteiger partial charge in [0.25, 0.3) is 5.92 Å². The lowest BCUT2D eigenvalue weighted by atomic mass is 10.0. The van der Waals surface area contributed by atoms with Crippen molar-refractivity contribution in [3.05, 3.63) is 34.9 Å². The van der Waals surface area contributed by atoms with Crippen molar-refractivity contribution in [2.24, 2.45) is 0 Å². The maximum Gasteiger partial charge on any atom is 0.413 e. The Morgan fingerprint density at radius 2 is 1.70 bits per heavy atom. The minimum Gasteiger partial charge on any atom is -0.459 e. The van der Waals surface area contributed by atoms with Gasteiger partial charge in [-0.1, -0.05) is 22.9 Å². The maximum absolute atomic E-state index is 17.2. The molecule has 3 atom stereocenters. The van der Waals surface area contributed by atoms with E-state index in [2.05, 4.69) is 15.3 Å². The molecule has 2 aromatic carbocycles. The Morgan fingerprint density at radius 1 is 1.02 bits per heavy atom. The molecule has 0 spiro atoms. The first-order valence-corrected chi connectivity index (χ1v) is 19.7. The van der Waals surface area contributed by atoms with E-state index in [1.807, 2.05) is 25.7 Å². The Kier molecular flexibility index (Phi) is 10.4. The van der Waals surface area contributed by atoms with Gasteiger partial charge in [0.05, 0.1) is 33.9 Å². The first-order valence-electron chi connectivity index (χ1n) is 18.5. The van der Waals surface area contributed by atoms with E-state index in [9.17, 15) is 18.4 Å². The zero-order chi connectivity index (χ0) is 40.5. The summed E-state index contributed by atoms with van der Waals surface area (Å²) in [6.45, 7) is 12.9. The molecule has 18 heteroatoms. The number of nitrogens with zero attached hydrogens (tertiary/aromatic N) is 6. The fourth-order valence-electron chi connectivity index (χ4n) is 7.55. The van der Waals surface area contributed by atoms with Crippen molar-refractivity contribution in [1.29, 1.82) is 0 Å². The maximum atomic E-state index is 17.2. The van der Waals surface area contributed by atoms with E-state index in [1.54, 1.807) is 37.5 Å². The van der Waals surface area contributed by atoms with Gasteiger partial charge in [0, 0.05) is 49.1 Å². The number of aromatic nitrogens is 3. The van der Waals surface area contributed by atoms with Crippen molar-refractivity contribution in [1.82, 2.24) is 24.8 Å². The molecular weight excluding hydrogens is 778 g/mol. The molecule has 0 aliphatic carbocycles. The fourth-order valence-corrected chi connectivity index (χ4v) is 8.73. The van der Waals surface area contributed by atoms with Gasteiger partial charge in [-0.05, 0) is 79.5 Å². The molecule has 3 unspecified atom stereocenters. The molecule has 302 valence electrons. The molecule has 3 fully saturated rings. The van der Waals surface area contributed by atoms with Gasteiger partial charge in [-0.15, -0.1) is 0 Å². The summed E-state index contributed by atoms with van der Waals surface area (Å²) in [7, 11) is 0. The van der Waals surface area contributed by atoms with Crippen LogP contribution in [0.3, 0.4) is 0 Å². The third kappa shape index (κ3) is 8.40. The standard InChI is InChI=1S/C38H44ClF4N7O5S/c1-19(15-48-13-12-38(42,43)18-48)53-32-44-28-23(31(46-32)49-16-20-8-9-21(17-49)50(20)35(52)55-37(5,6)7)14-24(39)26(27(28)41)22-10-11-25(40)30-29(22)45-33(56-30)47-34(51)54-36(2,3)4/h10-11,14,19-21H,8-9,12-13,15-18H2,1-7H3,(H,45,47,51). The van der Waals surface area contributed by atoms with Crippen molar-refractivity contribution in [2.75, 3.05) is 42.9 Å². The van der Waals surface area contributed by atoms with Crippen LogP contribution >= 0.6 is 22.9 Å². The number of carbonyl (C=O) groups is 2. The van der Waals surface area contributed by atoms with E-state index in [-0.39, 0.29) is 80.0 Å². The molecule has 0 saturated carbocycles. The smallest absolute Gasteiger partial charge is 0.413 e. The van der Waals surface area contributed by atoms with Gasteiger partial charge < -0.3 is 19.1 Å². The second-order valence-corrected chi connectivity index (χ2v) is 18.0. The average Bonchev–Trinajstić information content (AvgIpc) is 3.72. The van der Waals surface area contributed by atoms with Crippen molar-refractivity contribution in [2.45, 2.75) is 103 Å². The number of alkyl halides is 2. The lowest BCUT2D eigenvalue weighted by Gasteiger charge is -2.42. The SMILES string of the molecule is CC(CN1CCC(F)(F)C1)Oc1nc(N2CC3CCC(C2)N3C(=O)OC(C)(C)C)c2cc(Cl)c(-c3ccc(F)c4sc(NC(=O)OC(C)(C)C)nc34)c(F)c2n1. The van der Waals surface area contributed by atoms with Gasteiger partial charge in [0.2, 0.25) is 0 Å². The van der Waals surface area contributed by atoms with Crippen LogP contribution in [0.1, 0.15) is 67.7 Å². The lowest BCUT2D eigenvalue weighted by molar-refractivity contribution is 0.00859. The number of rotatable bonds is 7. The third-order valence-electron chi connectivity index (χ3n) is 9.67. The Morgan fingerprint density at radius 3 is 2.32 bits per heavy atom. The molecule has 3 aliphatic rings. The summed E-state index contributed by atoms with van der Waals surface area (Å²) in [5, 5.41) is 2.78. The molecule has 3 saturated heterocycles. The number of amides is 2. The van der Waals surface area contributed by atoms with Gasteiger partial charge in [-0.25, -0.2) is 32.1 Å². The van der Waals surface area contributed by atoms with Crippen molar-refractivity contribution < 1.29 is 41.4 Å². The molecule has 5 heterocycles. The van der Waals surface area contributed by atoms with Gasteiger partial charge in [-0.3, -0.25) is 15.1 Å². The van der Waals surface area contributed by atoms with E-state index in [0.29, 0.717) is 18.9 Å². The number of nitrogens with one attached hydrogen (secondary N) is 1. The molecule has 7 rings (SSSR count). The molecule has 2 amide bonds. The van der Waals surface area contributed by atoms with Crippen LogP contribution in [0.25, 0.3) is 32.2 Å². The highest BCUT2D eigenvalue weighted by Gasteiger charge is 2.45. The van der Waals surface area contributed by atoms with Crippen molar-refractivity contribution >= 4 is 67.2 Å². The predicted molar refractivity (Wildman–Crippen MR) is 206 cm³/mol. The molecule has 12 nitrogen and oxygen atoms in total. The lowest BCUT2D eigenvalue weighted by Crippen LogP contribution is -2.57. The van der Waals surface area contributed by atoms with E-state index < -0.39 is 53.6 Å². The van der Waals surface area contributed by atoms with E-state index in [0.717, 1.165) is 30.2 Å². The topological polar surface area (TPSA) is 122 Å². The highest BCUT2D eigenvalue weighted by Crippen LogP contribution is 2.44. The molecular formula is C38H44ClF4N7O5S. The number of ether oxygens (including phenoxy) is 3. The number of likely N-dealkylation sites (tertiary alicyclic amines) is 1. The minimum absolute atomic E-state index is 0.0307. The number of thiazole rings is 1. The highest BCUT2D eigenvalue weighted by atomic mass is 35.5. The first kappa shape index (κ1) is 40.0. The van der Waals surface area contributed by atoms with Crippen LogP contribution in [-0.4, -0.2) is 105 Å². The number of piperazine rings is 1. The van der Waals surface area contributed by atoms with E-state index in [4.69, 9.17) is 30.8 Å². The van der Waals surface area contributed by atoms with E-state index in [1.165, 1.54) is 12.1 Å². The summed E-state index contributed by atoms with van der Waals surface area (Å²) in [4.78, 5) is 44.7. The Labute approximate surface area is 330 Å². The molecule has 2 bridgehead atoms. The molecule has 0 radical (unpaired) electrons. The number of halogens is 5. The molecule has 1 N–H and O–H groups in total. The van der Waals surface area contributed by atoms with Gasteiger partial charge in [-0.2, -0.15) is 9.97 Å². The van der Waals surface area contributed by atoms with Crippen LogP contribution in [0, 0.1) is 11.6 Å². The number of hydrogen-bond donors (Lipinski definition) is 1. The zero-order valence-corrected chi connectivity index (χ0v) is 33.7. The first-order chi connectivity index (χ1) is 26.1. The van der Waals surface area contributed by atoms with E-state index >= 15 is 8.78 Å². The van der Waals surface area contributed by atoms with Crippen molar-refractivity contribution in [3.63, 3.8) is 0 Å². The van der Waals surface area contributed by atoms with Gasteiger partial charge >= 0.3 is 18.2 Å². The number of benzene rings is 2. The van der Waals surface area contributed by atoms with Crippen molar-refractivity contribution in [3.8, 4) is 17.1 Å². The summed E-state index contributed by atoms with van der Waals surface area (Å²) in [5.74, 6) is -3.96. The fraction of sp³-hybridized carbons (Fsp3) is 0.553. The normalized spacial score (nSPS) is 20.5. The number of fused-ring (bicyclic) bond motifs is 4. The average molecular weight is 822 g/mol. The number of anilines is 2. The molecule has 2 aromatic heterocycles. The van der Waals surface area contributed by atoms with Crippen LogP contribution in [0.5, 0.6) is 6.01 Å². The second-order valence-electron chi connectivity index (χ2n) is 16.6. The zero-order valence-electron chi connectivity index (χ0n) is 32.1.